The molecular weight excluding hydrogens is 344 g/mol. The third-order valence-corrected chi connectivity index (χ3v) is 6.01. The Morgan fingerprint density at radius 1 is 0.815 bits per heavy atom. The van der Waals surface area contributed by atoms with Gasteiger partial charge in [-0.05, 0) is 53.6 Å². The highest BCUT2D eigenvalue weighted by Crippen LogP contribution is 2.53. The average molecular weight is 360 g/mol. The lowest BCUT2D eigenvalue weighted by atomic mass is 9.85. The van der Waals surface area contributed by atoms with Crippen LogP contribution in [0.1, 0.15) is 6.42 Å². The first kappa shape index (κ1) is 15.9. The van der Waals surface area contributed by atoms with E-state index in [1.54, 1.807) is 24.3 Å². The van der Waals surface area contributed by atoms with Crippen molar-refractivity contribution in [2.24, 2.45) is 23.7 Å². The Morgan fingerprint density at radius 2 is 1.30 bits per heavy atom. The zero-order chi connectivity index (χ0) is 18.7. The second-order valence-corrected chi connectivity index (χ2v) is 7.36. The van der Waals surface area contributed by atoms with Gasteiger partial charge in [-0.2, -0.15) is 0 Å². The summed E-state index contributed by atoms with van der Waals surface area (Å²) in [5, 5.41) is 10.8. The molecule has 2 aromatic carbocycles. The molecule has 2 fully saturated rings. The van der Waals surface area contributed by atoms with E-state index >= 15 is 0 Å². The van der Waals surface area contributed by atoms with Crippen molar-refractivity contribution in [3.8, 4) is 11.1 Å². The number of rotatable bonds is 3. The lowest BCUT2D eigenvalue weighted by Crippen LogP contribution is -2.32. The van der Waals surface area contributed by atoms with Gasteiger partial charge >= 0.3 is 0 Å². The molecule has 6 nitrogen and oxygen atoms in total. The van der Waals surface area contributed by atoms with Crippen molar-refractivity contribution in [3.63, 3.8) is 0 Å². The summed E-state index contributed by atoms with van der Waals surface area (Å²) in [6.45, 7) is 0. The Bertz CT molecular complexity index is 964. The molecule has 5 rings (SSSR count). The van der Waals surface area contributed by atoms with Crippen LogP contribution in [-0.4, -0.2) is 16.7 Å². The molecule has 1 saturated carbocycles. The van der Waals surface area contributed by atoms with Gasteiger partial charge in [-0.15, -0.1) is 0 Å². The van der Waals surface area contributed by atoms with Crippen molar-refractivity contribution in [1.29, 1.82) is 0 Å². The quantitative estimate of drug-likeness (QED) is 0.363. The summed E-state index contributed by atoms with van der Waals surface area (Å²) < 4.78 is 0. The molecule has 0 N–H and O–H groups in total. The van der Waals surface area contributed by atoms with E-state index in [9.17, 15) is 19.7 Å². The van der Waals surface area contributed by atoms with Crippen LogP contribution in [0.4, 0.5) is 11.4 Å². The monoisotopic (exact) mass is 360 g/mol. The predicted octanol–water partition coefficient (Wildman–Crippen LogP) is 3.57. The minimum Gasteiger partial charge on any atom is -0.274 e. The van der Waals surface area contributed by atoms with Crippen molar-refractivity contribution in [3.05, 3.63) is 70.8 Å². The van der Waals surface area contributed by atoms with Gasteiger partial charge in [0.15, 0.2) is 0 Å². The second-order valence-electron chi connectivity index (χ2n) is 7.36. The minimum atomic E-state index is -0.434. The zero-order valence-electron chi connectivity index (χ0n) is 14.3. The Labute approximate surface area is 155 Å². The van der Waals surface area contributed by atoms with E-state index in [2.05, 4.69) is 12.2 Å². The molecule has 134 valence electrons. The molecule has 1 heterocycles. The van der Waals surface area contributed by atoms with Crippen LogP contribution < -0.4 is 4.90 Å². The van der Waals surface area contributed by atoms with E-state index in [0.717, 1.165) is 17.5 Å². The average Bonchev–Trinajstić information content (AvgIpc) is 3.36. The van der Waals surface area contributed by atoms with E-state index in [-0.39, 0.29) is 41.2 Å². The van der Waals surface area contributed by atoms with Crippen molar-refractivity contribution < 1.29 is 14.5 Å². The molecule has 27 heavy (non-hydrogen) atoms. The van der Waals surface area contributed by atoms with Gasteiger partial charge in [-0.25, -0.2) is 0 Å². The molecular formula is C21H16N2O4. The second kappa shape index (κ2) is 5.61. The molecule has 1 saturated heterocycles. The number of hydrogen-bond acceptors (Lipinski definition) is 4. The molecule has 0 unspecified atom stereocenters. The van der Waals surface area contributed by atoms with Gasteiger partial charge in [-0.1, -0.05) is 24.3 Å². The number of fused-ring (bicyclic) bond motifs is 5. The Morgan fingerprint density at radius 3 is 1.78 bits per heavy atom. The molecule has 0 spiro atoms. The molecule has 3 aliphatic rings. The van der Waals surface area contributed by atoms with Crippen LogP contribution in [0.3, 0.4) is 0 Å². The summed E-state index contributed by atoms with van der Waals surface area (Å²) >= 11 is 0. The summed E-state index contributed by atoms with van der Waals surface area (Å²) in [5.41, 5.74) is 2.34. The fourth-order valence-electron chi connectivity index (χ4n) is 4.74. The molecule has 2 aliphatic carbocycles. The predicted molar refractivity (Wildman–Crippen MR) is 98.7 cm³/mol. The standard InChI is InChI=1S/C21H16N2O4/c24-20-18-14-1-2-15(11-14)19(18)21(25)22(20)16-7-3-12(4-8-16)13-5-9-17(10-6-13)23(26)27/h1-10,14-15,18-19H,11H2/t14-,15-,18-,19+/m0/s1. The van der Waals surface area contributed by atoms with Crippen LogP contribution in [0, 0.1) is 33.8 Å². The summed E-state index contributed by atoms with van der Waals surface area (Å²) in [5.74, 6) is -0.208. The highest BCUT2D eigenvalue weighted by molar-refractivity contribution is 6.22. The number of imide groups is 1. The molecule has 0 aromatic heterocycles. The van der Waals surface area contributed by atoms with Gasteiger partial charge in [0.25, 0.3) is 5.69 Å². The number of amides is 2. The maximum Gasteiger partial charge on any atom is 0.269 e. The molecule has 2 aromatic rings. The first-order chi connectivity index (χ1) is 13.0. The van der Waals surface area contributed by atoms with E-state index in [4.69, 9.17) is 0 Å². The highest BCUT2D eigenvalue weighted by Gasteiger charge is 2.59. The fourth-order valence-corrected chi connectivity index (χ4v) is 4.74. The number of hydrogen-bond donors (Lipinski definition) is 0. The number of allylic oxidation sites excluding steroid dienone is 2. The normalized spacial score (nSPS) is 28.1. The van der Waals surface area contributed by atoms with Gasteiger partial charge in [0.05, 0.1) is 22.4 Å². The summed E-state index contributed by atoms with van der Waals surface area (Å²) in [6, 6.07) is 13.5. The van der Waals surface area contributed by atoms with Gasteiger partial charge in [0.1, 0.15) is 0 Å². The van der Waals surface area contributed by atoms with Crippen LogP contribution in [0.25, 0.3) is 11.1 Å². The number of nitrogens with zero attached hydrogens (tertiary/aromatic N) is 2. The molecule has 1 aliphatic heterocycles. The van der Waals surface area contributed by atoms with Crippen LogP contribution in [0.5, 0.6) is 0 Å². The van der Waals surface area contributed by atoms with Crippen molar-refractivity contribution >= 4 is 23.2 Å². The lowest BCUT2D eigenvalue weighted by Gasteiger charge is -2.17. The van der Waals surface area contributed by atoms with Crippen LogP contribution in [0.2, 0.25) is 0 Å². The number of nitro benzene ring substituents is 1. The largest absolute Gasteiger partial charge is 0.274 e. The first-order valence-corrected chi connectivity index (χ1v) is 8.95. The van der Waals surface area contributed by atoms with E-state index in [0.29, 0.717) is 5.69 Å². The Balaban J connectivity index is 1.42. The number of benzene rings is 2. The molecule has 6 heteroatoms. The Hall–Kier alpha value is -3.28. The minimum absolute atomic E-state index is 0.0402. The first-order valence-electron chi connectivity index (χ1n) is 8.95. The third kappa shape index (κ3) is 2.26. The van der Waals surface area contributed by atoms with Crippen molar-refractivity contribution in [2.45, 2.75) is 6.42 Å². The lowest BCUT2D eigenvalue weighted by molar-refractivity contribution is -0.384. The maximum atomic E-state index is 12.9. The smallest absolute Gasteiger partial charge is 0.269 e. The number of carbonyl (C=O) groups excluding carboxylic acids is 2. The van der Waals surface area contributed by atoms with Gasteiger partial charge < -0.3 is 0 Å². The molecule has 0 radical (unpaired) electrons. The van der Waals surface area contributed by atoms with E-state index in [1.165, 1.54) is 17.0 Å². The fraction of sp³-hybridized carbons (Fsp3) is 0.238. The molecule has 2 bridgehead atoms. The molecule has 4 atom stereocenters. The summed E-state index contributed by atoms with van der Waals surface area (Å²) in [4.78, 5) is 37.4. The van der Waals surface area contributed by atoms with Crippen LogP contribution in [0.15, 0.2) is 60.7 Å². The van der Waals surface area contributed by atoms with Gasteiger partial charge in [0, 0.05) is 12.1 Å². The molecule has 2 amide bonds. The topological polar surface area (TPSA) is 80.5 Å². The maximum absolute atomic E-state index is 12.9. The summed E-state index contributed by atoms with van der Waals surface area (Å²) in [7, 11) is 0. The van der Waals surface area contributed by atoms with Crippen molar-refractivity contribution in [1.82, 2.24) is 0 Å². The van der Waals surface area contributed by atoms with Gasteiger partial charge in [0.2, 0.25) is 11.8 Å². The summed E-state index contributed by atoms with van der Waals surface area (Å²) in [6.07, 6.45) is 5.08. The third-order valence-electron chi connectivity index (χ3n) is 6.01. The number of anilines is 1. The zero-order valence-corrected chi connectivity index (χ0v) is 14.3. The SMILES string of the molecule is O=C1[C@@H]2[C@H](C(=O)N1c1ccc(-c3ccc([N+](=O)[O-])cc3)cc1)[C@H]1C=C[C@H]2C1. The van der Waals surface area contributed by atoms with Crippen LogP contribution >= 0.6 is 0 Å². The number of carbonyl (C=O) groups is 2. The van der Waals surface area contributed by atoms with Crippen molar-refractivity contribution in [2.75, 3.05) is 4.90 Å². The van der Waals surface area contributed by atoms with E-state index in [1.807, 2.05) is 12.1 Å². The number of nitro groups is 1. The Kier molecular flexibility index (Phi) is 3.31. The highest BCUT2D eigenvalue weighted by atomic mass is 16.6. The van der Waals surface area contributed by atoms with Crippen LogP contribution in [-0.2, 0) is 9.59 Å². The van der Waals surface area contributed by atoms with E-state index < -0.39 is 4.92 Å². The van der Waals surface area contributed by atoms with Gasteiger partial charge in [-0.3, -0.25) is 24.6 Å². The number of non-ortho nitro benzene ring substituents is 1.